The number of aromatic nitrogens is 1. The maximum atomic E-state index is 13.9. The average molecular weight is 282 g/mol. The molecule has 2 aromatic carbocycles. The minimum Gasteiger partial charge on any atom is -0.339 e. The summed E-state index contributed by atoms with van der Waals surface area (Å²) in [4.78, 5) is 0. The predicted octanol–water partition coefficient (Wildman–Crippen LogP) is 3.94. The topological polar surface area (TPSA) is 17.0 Å². The van der Waals surface area contributed by atoms with Gasteiger partial charge in [-0.15, -0.1) is 0 Å². The maximum absolute atomic E-state index is 13.9. The van der Waals surface area contributed by atoms with Crippen LogP contribution in [0.1, 0.15) is 18.2 Å². The summed E-state index contributed by atoms with van der Waals surface area (Å²) >= 11 is 0. The Labute approximate surface area is 124 Å². The molecule has 0 aliphatic carbocycles. The van der Waals surface area contributed by atoms with E-state index < -0.39 is 0 Å². The van der Waals surface area contributed by atoms with Gasteiger partial charge in [-0.25, -0.2) is 4.39 Å². The second-order valence-corrected chi connectivity index (χ2v) is 5.15. The SMILES string of the molecule is CCNCc1cc2ccccc2n1Cc1ccccc1F. The molecule has 0 aliphatic heterocycles. The number of fused-ring (bicyclic) bond motifs is 1. The molecule has 1 heterocycles. The van der Waals surface area contributed by atoms with Crippen molar-refractivity contribution in [2.75, 3.05) is 6.54 Å². The number of rotatable bonds is 5. The van der Waals surface area contributed by atoms with E-state index in [1.165, 1.54) is 17.1 Å². The smallest absolute Gasteiger partial charge is 0.128 e. The molecule has 0 radical (unpaired) electrons. The van der Waals surface area contributed by atoms with Crippen molar-refractivity contribution in [1.82, 2.24) is 9.88 Å². The van der Waals surface area contributed by atoms with Gasteiger partial charge in [0.15, 0.2) is 0 Å². The highest BCUT2D eigenvalue weighted by atomic mass is 19.1. The molecule has 21 heavy (non-hydrogen) atoms. The molecule has 0 spiro atoms. The first kappa shape index (κ1) is 13.8. The summed E-state index contributed by atoms with van der Waals surface area (Å²) in [7, 11) is 0. The summed E-state index contributed by atoms with van der Waals surface area (Å²) in [6.45, 7) is 4.35. The third-order valence-corrected chi connectivity index (χ3v) is 3.74. The monoisotopic (exact) mass is 282 g/mol. The molecule has 0 bridgehead atoms. The minimum atomic E-state index is -0.148. The third-order valence-electron chi connectivity index (χ3n) is 3.74. The lowest BCUT2D eigenvalue weighted by Crippen LogP contribution is -2.16. The minimum absolute atomic E-state index is 0.148. The van der Waals surface area contributed by atoms with Gasteiger partial charge in [-0.05, 0) is 30.1 Å². The van der Waals surface area contributed by atoms with E-state index in [1.54, 1.807) is 6.07 Å². The van der Waals surface area contributed by atoms with Crippen molar-refractivity contribution in [2.24, 2.45) is 0 Å². The highest BCUT2D eigenvalue weighted by Crippen LogP contribution is 2.22. The zero-order valence-electron chi connectivity index (χ0n) is 12.1. The van der Waals surface area contributed by atoms with E-state index in [0.717, 1.165) is 24.2 Å². The van der Waals surface area contributed by atoms with Crippen molar-refractivity contribution in [3.63, 3.8) is 0 Å². The first-order chi connectivity index (χ1) is 10.3. The number of para-hydroxylation sites is 1. The van der Waals surface area contributed by atoms with Gasteiger partial charge in [0, 0.05) is 23.3 Å². The van der Waals surface area contributed by atoms with Crippen LogP contribution in [0.5, 0.6) is 0 Å². The van der Waals surface area contributed by atoms with Gasteiger partial charge in [0.1, 0.15) is 5.82 Å². The molecule has 1 N–H and O–H groups in total. The van der Waals surface area contributed by atoms with Crippen LogP contribution in [0.4, 0.5) is 4.39 Å². The van der Waals surface area contributed by atoms with Crippen molar-refractivity contribution >= 4 is 10.9 Å². The standard InChI is InChI=1S/C18H19FN2/c1-2-20-12-16-11-14-7-4-6-10-18(14)21(16)13-15-8-3-5-9-17(15)19/h3-11,20H,2,12-13H2,1H3. The second-order valence-electron chi connectivity index (χ2n) is 5.15. The largest absolute Gasteiger partial charge is 0.339 e. The van der Waals surface area contributed by atoms with Gasteiger partial charge in [0.05, 0.1) is 6.54 Å². The fourth-order valence-corrected chi connectivity index (χ4v) is 2.65. The van der Waals surface area contributed by atoms with E-state index in [9.17, 15) is 4.39 Å². The molecule has 108 valence electrons. The quantitative estimate of drug-likeness (QED) is 0.750. The third kappa shape index (κ3) is 2.83. The fourth-order valence-electron chi connectivity index (χ4n) is 2.65. The Morgan fingerprint density at radius 1 is 1.05 bits per heavy atom. The van der Waals surface area contributed by atoms with Crippen LogP contribution in [0.25, 0.3) is 10.9 Å². The molecule has 0 aliphatic rings. The summed E-state index contributed by atoms with van der Waals surface area (Å²) in [5, 5.41) is 4.55. The second kappa shape index (κ2) is 6.10. The molecular formula is C18H19FN2. The van der Waals surface area contributed by atoms with Gasteiger partial charge < -0.3 is 9.88 Å². The molecule has 0 saturated heterocycles. The van der Waals surface area contributed by atoms with Gasteiger partial charge in [-0.3, -0.25) is 0 Å². The Morgan fingerprint density at radius 3 is 2.62 bits per heavy atom. The molecule has 0 amide bonds. The Kier molecular flexibility index (Phi) is 4.02. The summed E-state index contributed by atoms with van der Waals surface area (Å²) in [6, 6.07) is 17.4. The Balaban J connectivity index is 2.04. The van der Waals surface area contributed by atoms with Crippen molar-refractivity contribution in [2.45, 2.75) is 20.0 Å². The van der Waals surface area contributed by atoms with Crippen LogP contribution in [0.2, 0.25) is 0 Å². The van der Waals surface area contributed by atoms with E-state index in [2.05, 4.69) is 35.0 Å². The summed E-state index contributed by atoms with van der Waals surface area (Å²) in [5.74, 6) is -0.148. The van der Waals surface area contributed by atoms with Gasteiger partial charge >= 0.3 is 0 Å². The van der Waals surface area contributed by atoms with E-state index >= 15 is 0 Å². The van der Waals surface area contributed by atoms with E-state index in [0.29, 0.717) is 6.54 Å². The van der Waals surface area contributed by atoms with Crippen LogP contribution in [0.15, 0.2) is 54.6 Å². The molecular weight excluding hydrogens is 263 g/mol. The van der Waals surface area contributed by atoms with Crippen LogP contribution in [-0.4, -0.2) is 11.1 Å². The van der Waals surface area contributed by atoms with E-state index in [1.807, 2.05) is 24.3 Å². The number of nitrogens with one attached hydrogen (secondary N) is 1. The maximum Gasteiger partial charge on any atom is 0.128 e. The number of halogens is 1. The summed E-state index contributed by atoms with van der Waals surface area (Å²) in [5.41, 5.74) is 3.05. The van der Waals surface area contributed by atoms with Gasteiger partial charge in [0.25, 0.3) is 0 Å². The van der Waals surface area contributed by atoms with Crippen molar-refractivity contribution in [3.8, 4) is 0 Å². The first-order valence-electron chi connectivity index (χ1n) is 7.31. The normalized spacial score (nSPS) is 11.1. The lowest BCUT2D eigenvalue weighted by molar-refractivity contribution is 0.594. The molecule has 2 nitrogen and oxygen atoms in total. The first-order valence-corrected chi connectivity index (χ1v) is 7.31. The number of hydrogen-bond acceptors (Lipinski definition) is 1. The van der Waals surface area contributed by atoms with Crippen LogP contribution in [0.3, 0.4) is 0 Å². The summed E-state index contributed by atoms with van der Waals surface area (Å²) in [6.07, 6.45) is 0. The summed E-state index contributed by atoms with van der Waals surface area (Å²) < 4.78 is 16.1. The number of nitrogens with zero attached hydrogens (tertiary/aromatic N) is 1. The lowest BCUT2D eigenvalue weighted by atomic mass is 10.2. The molecule has 0 atom stereocenters. The van der Waals surface area contributed by atoms with Crippen molar-refractivity contribution < 1.29 is 4.39 Å². The van der Waals surface area contributed by atoms with Crippen molar-refractivity contribution in [1.29, 1.82) is 0 Å². The zero-order valence-corrected chi connectivity index (χ0v) is 12.1. The number of hydrogen-bond donors (Lipinski definition) is 1. The highest BCUT2D eigenvalue weighted by Gasteiger charge is 2.10. The molecule has 0 saturated carbocycles. The van der Waals surface area contributed by atoms with Gasteiger partial charge in [-0.1, -0.05) is 43.3 Å². The molecule has 3 rings (SSSR count). The van der Waals surface area contributed by atoms with E-state index in [4.69, 9.17) is 0 Å². The van der Waals surface area contributed by atoms with Crippen LogP contribution in [0, 0.1) is 5.82 Å². The highest BCUT2D eigenvalue weighted by molar-refractivity contribution is 5.81. The number of benzene rings is 2. The molecule has 3 heteroatoms. The Bertz CT molecular complexity index is 746. The Hall–Kier alpha value is -2.13. The van der Waals surface area contributed by atoms with E-state index in [-0.39, 0.29) is 5.82 Å². The van der Waals surface area contributed by atoms with Crippen molar-refractivity contribution in [3.05, 3.63) is 71.7 Å². The fraction of sp³-hybridized carbons (Fsp3) is 0.222. The molecule has 0 unspecified atom stereocenters. The average Bonchev–Trinajstić information content (AvgIpc) is 2.85. The molecule has 0 fully saturated rings. The Morgan fingerprint density at radius 2 is 1.81 bits per heavy atom. The van der Waals surface area contributed by atoms with Crippen LogP contribution in [-0.2, 0) is 13.1 Å². The molecule has 1 aromatic heterocycles. The zero-order chi connectivity index (χ0) is 14.7. The lowest BCUT2D eigenvalue weighted by Gasteiger charge is -2.12. The van der Waals surface area contributed by atoms with Gasteiger partial charge in [0.2, 0.25) is 0 Å². The molecule has 3 aromatic rings. The van der Waals surface area contributed by atoms with Crippen LogP contribution < -0.4 is 5.32 Å². The predicted molar refractivity (Wildman–Crippen MR) is 84.8 cm³/mol. The van der Waals surface area contributed by atoms with Crippen LogP contribution >= 0.6 is 0 Å². The van der Waals surface area contributed by atoms with Gasteiger partial charge in [-0.2, -0.15) is 0 Å².